The van der Waals surface area contributed by atoms with E-state index in [-0.39, 0.29) is 10.8 Å². The molecule has 0 N–H and O–H groups in total. The highest BCUT2D eigenvalue weighted by Crippen LogP contribution is 2.55. The first-order chi connectivity index (χ1) is 30.3. The van der Waals surface area contributed by atoms with E-state index < -0.39 is 8.07 Å². The molecule has 0 unspecified atom stereocenters. The first kappa shape index (κ1) is 36.8. The lowest BCUT2D eigenvalue weighted by Gasteiger charge is -2.33. The van der Waals surface area contributed by atoms with Crippen molar-refractivity contribution in [2.75, 3.05) is 4.90 Å². The van der Waals surface area contributed by atoms with Gasteiger partial charge in [-0.05, 0) is 124 Å². The van der Waals surface area contributed by atoms with Gasteiger partial charge in [-0.15, -0.1) is 0 Å². The normalized spacial score (nSPS) is 15.2. The zero-order chi connectivity index (χ0) is 41.8. The first-order valence-electron chi connectivity index (χ1n) is 22.0. The molecule has 0 saturated carbocycles. The second-order valence-electron chi connectivity index (χ2n) is 18.4. The zero-order valence-electron chi connectivity index (χ0n) is 35.7. The van der Waals surface area contributed by atoms with Crippen molar-refractivity contribution in [2.24, 2.45) is 0 Å². The molecule has 1 nitrogen and oxygen atoms in total. The third-order valence-electron chi connectivity index (χ3n) is 14.5. The van der Waals surface area contributed by atoms with Crippen LogP contribution in [0.3, 0.4) is 0 Å². The molecule has 0 spiro atoms. The van der Waals surface area contributed by atoms with Crippen LogP contribution < -0.4 is 25.6 Å². The van der Waals surface area contributed by atoms with Crippen molar-refractivity contribution in [3.8, 4) is 44.5 Å². The summed E-state index contributed by atoms with van der Waals surface area (Å²) in [4.78, 5) is 2.54. The van der Waals surface area contributed by atoms with Gasteiger partial charge in [0.05, 0.1) is 0 Å². The summed E-state index contributed by atoms with van der Waals surface area (Å²) in [5.74, 6) is 0. The summed E-state index contributed by atoms with van der Waals surface area (Å²) in [6, 6.07) is 80.5. The van der Waals surface area contributed by atoms with Crippen LogP contribution >= 0.6 is 0 Å². The van der Waals surface area contributed by atoms with Crippen molar-refractivity contribution < 1.29 is 0 Å². The van der Waals surface area contributed by atoms with Crippen LogP contribution in [-0.2, 0) is 10.8 Å². The average molecular weight is 810 g/mol. The van der Waals surface area contributed by atoms with Crippen LogP contribution in [0.25, 0.3) is 44.5 Å². The van der Waals surface area contributed by atoms with Crippen LogP contribution in [0.2, 0.25) is 0 Å². The number of benzene rings is 9. The van der Waals surface area contributed by atoms with E-state index in [2.05, 4.69) is 245 Å². The Bertz CT molecular complexity index is 3200. The van der Waals surface area contributed by atoms with Gasteiger partial charge < -0.3 is 4.90 Å². The monoisotopic (exact) mass is 809 g/mol. The highest BCUT2D eigenvalue weighted by Gasteiger charge is 2.49. The van der Waals surface area contributed by atoms with Crippen LogP contribution in [0, 0.1) is 0 Å². The Balaban J connectivity index is 1.10. The fourth-order valence-electron chi connectivity index (χ4n) is 11.6. The molecular weight excluding hydrogens is 763 g/mol. The van der Waals surface area contributed by atoms with Gasteiger partial charge in [0.2, 0.25) is 0 Å². The molecule has 9 aromatic rings. The van der Waals surface area contributed by atoms with E-state index >= 15 is 0 Å². The number of hydrogen-bond acceptors (Lipinski definition) is 1. The molecule has 1 aliphatic heterocycles. The Morgan fingerprint density at radius 2 is 0.790 bits per heavy atom. The molecule has 0 aromatic heterocycles. The van der Waals surface area contributed by atoms with Crippen LogP contribution in [0.15, 0.2) is 212 Å². The van der Waals surface area contributed by atoms with E-state index in [0.717, 1.165) is 0 Å². The van der Waals surface area contributed by atoms with E-state index in [0.29, 0.717) is 0 Å². The van der Waals surface area contributed by atoms with E-state index in [9.17, 15) is 0 Å². The quantitative estimate of drug-likeness (QED) is 0.151. The second kappa shape index (κ2) is 13.5. The van der Waals surface area contributed by atoms with Crippen LogP contribution in [0.5, 0.6) is 0 Å². The maximum Gasteiger partial charge on any atom is 0.180 e. The largest absolute Gasteiger partial charge is 0.310 e. The second-order valence-corrected chi connectivity index (χ2v) is 22.2. The van der Waals surface area contributed by atoms with Gasteiger partial charge in [0.1, 0.15) is 0 Å². The predicted octanol–water partition coefficient (Wildman–Crippen LogP) is 12.8. The summed E-state index contributed by atoms with van der Waals surface area (Å²) < 4.78 is 0. The summed E-state index contributed by atoms with van der Waals surface area (Å²) in [5, 5.41) is 5.71. The predicted molar refractivity (Wildman–Crippen MR) is 264 cm³/mol. The molecular formula is C60H47NSi. The Hall–Kier alpha value is -7.00. The third-order valence-corrected chi connectivity index (χ3v) is 19.4. The molecule has 1 heterocycles. The lowest BCUT2D eigenvalue weighted by Crippen LogP contribution is -2.72. The van der Waals surface area contributed by atoms with Crippen molar-refractivity contribution in [3.05, 3.63) is 235 Å². The average Bonchev–Trinajstić information content (AvgIpc) is 3.84. The first-order valence-corrected chi connectivity index (χ1v) is 24.0. The molecule has 296 valence electrons. The van der Waals surface area contributed by atoms with E-state index in [1.807, 2.05) is 0 Å². The fourth-order valence-corrected chi connectivity index (χ4v) is 16.8. The lowest BCUT2D eigenvalue weighted by molar-refractivity contribution is 0.660. The third kappa shape index (κ3) is 5.08. The highest BCUT2D eigenvalue weighted by atomic mass is 28.3. The number of nitrogens with zero attached hydrogens (tertiary/aromatic N) is 1. The summed E-state index contributed by atoms with van der Waals surface area (Å²) >= 11 is 0. The summed E-state index contributed by atoms with van der Waals surface area (Å²) in [6.07, 6.45) is 0. The summed E-state index contributed by atoms with van der Waals surface area (Å²) in [6.45, 7) is 9.58. The molecule has 0 bridgehead atoms. The minimum absolute atomic E-state index is 0.133. The molecule has 0 amide bonds. The van der Waals surface area contributed by atoms with Gasteiger partial charge in [-0.1, -0.05) is 204 Å². The lowest BCUT2D eigenvalue weighted by atomic mass is 9.81. The van der Waals surface area contributed by atoms with E-state index in [1.54, 1.807) is 0 Å². The van der Waals surface area contributed by atoms with Gasteiger partial charge in [-0.25, -0.2) is 0 Å². The van der Waals surface area contributed by atoms with Crippen LogP contribution in [0.4, 0.5) is 17.1 Å². The number of rotatable bonds is 6. The summed E-state index contributed by atoms with van der Waals surface area (Å²) in [5.41, 5.74) is 19.3. The minimum Gasteiger partial charge on any atom is -0.310 e. The van der Waals surface area contributed by atoms with Gasteiger partial charge >= 0.3 is 0 Å². The Kier molecular flexibility index (Phi) is 8.02. The molecule has 62 heavy (non-hydrogen) atoms. The smallest absolute Gasteiger partial charge is 0.180 e. The van der Waals surface area contributed by atoms with Crippen LogP contribution in [-0.4, -0.2) is 8.07 Å². The molecule has 0 atom stereocenters. The van der Waals surface area contributed by atoms with E-state index in [4.69, 9.17) is 0 Å². The van der Waals surface area contributed by atoms with Gasteiger partial charge in [-0.2, -0.15) is 0 Å². The van der Waals surface area contributed by atoms with Gasteiger partial charge in [0.15, 0.2) is 8.07 Å². The Morgan fingerprint density at radius 1 is 0.323 bits per heavy atom. The van der Waals surface area contributed by atoms with Crippen molar-refractivity contribution in [2.45, 2.75) is 38.5 Å². The molecule has 9 aromatic carbocycles. The molecule has 2 heteroatoms. The van der Waals surface area contributed by atoms with Crippen LogP contribution in [0.1, 0.15) is 49.9 Å². The highest BCUT2D eigenvalue weighted by molar-refractivity contribution is 7.22. The molecule has 12 rings (SSSR count). The SMILES string of the molecule is CC1(C)c2ccccc2-c2ccc(N(c3cccc([Si]4(c5ccccc5)c5ccccc5-c5ccccc54)c3)c3ccc4c(c3)C(C)(C)c3cccc(-c5ccccc5)c3-4)cc21. The van der Waals surface area contributed by atoms with Gasteiger partial charge in [-0.3, -0.25) is 0 Å². The molecule has 2 aliphatic carbocycles. The van der Waals surface area contributed by atoms with E-state index in [1.165, 1.54) is 105 Å². The number of anilines is 3. The maximum atomic E-state index is 2.54. The fraction of sp³-hybridized carbons (Fsp3) is 0.100. The van der Waals surface area contributed by atoms with Crippen molar-refractivity contribution >= 4 is 45.9 Å². The van der Waals surface area contributed by atoms with Gasteiger partial charge in [0, 0.05) is 27.9 Å². The van der Waals surface area contributed by atoms with Crippen molar-refractivity contribution in [1.29, 1.82) is 0 Å². The molecule has 3 aliphatic rings. The minimum atomic E-state index is -2.74. The summed E-state index contributed by atoms with van der Waals surface area (Å²) in [7, 11) is -2.74. The Labute approximate surface area is 366 Å². The zero-order valence-corrected chi connectivity index (χ0v) is 36.7. The maximum absolute atomic E-state index is 2.74. The molecule has 0 radical (unpaired) electrons. The number of hydrogen-bond donors (Lipinski definition) is 0. The topological polar surface area (TPSA) is 3.24 Å². The Morgan fingerprint density at radius 3 is 1.48 bits per heavy atom. The van der Waals surface area contributed by atoms with Gasteiger partial charge in [0.25, 0.3) is 0 Å². The van der Waals surface area contributed by atoms with Crippen molar-refractivity contribution in [1.82, 2.24) is 0 Å². The molecule has 0 fully saturated rings. The standard InChI is InChI=1S/C60H47NSi/c1-59(2)52-29-14-11-25-47(52)48-35-33-42(38-54(48)59)61(43-34-36-51-55(39-43)60(3,4)53-30-18-28-46(58(51)53)40-19-7-5-8-20-40)41-21-17-24-45(37-41)62(44-22-9-6-10-23-44)56-31-15-12-26-49(56)50-27-13-16-32-57(50)62/h5-39H,1-4H3. The number of fused-ring (bicyclic) bond motifs is 9. The van der Waals surface area contributed by atoms with Crippen molar-refractivity contribution in [3.63, 3.8) is 0 Å². The molecule has 0 saturated heterocycles.